The van der Waals surface area contributed by atoms with Crippen LogP contribution in [0.2, 0.25) is 0 Å². The van der Waals surface area contributed by atoms with E-state index in [-0.39, 0.29) is 114 Å². The minimum atomic E-state index is -1.82. The van der Waals surface area contributed by atoms with Gasteiger partial charge in [-0.3, -0.25) is 102 Å². The van der Waals surface area contributed by atoms with E-state index in [0.717, 1.165) is 0 Å². The molecule has 0 saturated carbocycles. The van der Waals surface area contributed by atoms with Gasteiger partial charge in [0, 0.05) is 87.3 Å². The number of carbonyl (C=O) groups is 20. The summed E-state index contributed by atoms with van der Waals surface area (Å²) in [6.07, 6.45) is 5.95. The number of hydrogen-bond acceptors (Lipinski definition) is 29. The van der Waals surface area contributed by atoms with Crippen LogP contribution in [0.25, 0.3) is 10.9 Å². The van der Waals surface area contributed by atoms with E-state index in [1.807, 2.05) is 0 Å². The van der Waals surface area contributed by atoms with E-state index in [1.165, 1.54) is 58.4 Å². The number of aliphatic hydroxyl groups is 2. The van der Waals surface area contributed by atoms with Gasteiger partial charge in [0.1, 0.15) is 84.5 Å². The van der Waals surface area contributed by atoms with Crippen molar-refractivity contribution in [1.82, 2.24) is 120 Å². The number of thioether (sulfide) groups is 1. The number of H-pyrrole nitrogens is 2. The molecule has 0 bridgehead atoms. The predicted molar refractivity (Wildman–Crippen MR) is 522 cm³/mol. The number of rotatable bonds is 63. The van der Waals surface area contributed by atoms with Gasteiger partial charge in [-0.05, 0) is 137 Å². The second kappa shape index (κ2) is 61.4. The lowest BCUT2D eigenvalue weighted by atomic mass is 10.0. The average molecular weight is 2050 g/mol. The molecule has 2 saturated heterocycles. The van der Waals surface area contributed by atoms with Crippen molar-refractivity contribution in [3.8, 4) is 5.75 Å². The number of nitrogens with zero attached hydrogens (tertiary/aromatic N) is 3. The molecule has 34 N–H and O–H groups in total. The summed E-state index contributed by atoms with van der Waals surface area (Å²) in [5, 5.41) is 100. The number of benzene rings is 3. The van der Waals surface area contributed by atoms with Crippen LogP contribution in [0.3, 0.4) is 0 Å². The number of para-hydroxylation sites is 1. The largest absolute Gasteiger partial charge is 0.508 e. The highest BCUT2D eigenvalue weighted by atomic mass is 32.2. The number of hydrogen-bond donors (Lipinski definition) is 30. The molecule has 7 rings (SSSR count). The van der Waals surface area contributed by atoms with Gasteiger partial charge in [0.15, 0.2) is 11.9 Å². The Morgan fingerprint density at radius 1 is 0.469 bits per heavy atom. The Morgan fingerprint density at radius 3 is 1.44 bits per heavy atom. The number of amides is 18. The first-order valence-electron chi connectivity index (χ1n) is 47.0. The maximum Gasteiger partial charge on any atom is 0.303 e. The summed E-state index contributed by atoms with van der Waals surface area (Å²) in [7, 11) is 0. The number of carboxylic acid groups (broad SMARTS) is 1. The zero-order valence-electron chi connectivity index (χ0n) is 80.0. The Kier molecular flexibility index (Phi) is 49.3. The number of aliphatic hydroxyl groups excluding tert-OH is 2. The van der Waals surface area contributed by atoms with Crippen molar-refractivity contribution < 1.29 is 116 Å². The van der Waals surface area contributed by atoms with Crippen molar-refractivity contribution in [2.24, 2.45) is 22.9 Å². The zero-order valence-corrected chi connectivity index (χ0v) is 80.8. The van der Waals surface area contributed by atoms with E-state index >= 15 is 14.4 Å². The molecule has 0 radical (unpaired) electrons. The maximum absolute atomic E-state index is 15.3. The van der Waals surface area contributed by atoms with Gasteiger partial charge in [0.2, 0.25) is 106 Å². The first-order valence-corrected chi connectivity index (χ1v) is 48.4. The van der Waals surface area contributed by atoms with Crippen molar-refractivity contribution in [2.45, 2.75) is 194 Å². The fourth-order valence-corrected chi connectivity index (χ4v) is 15.9. The average Bonchev–Trinajstić information content (AvgIpc) is 1.68. The molecule has 13 unspecified atom stereocenters. The van der Waals surface area contributed by atoms with E-state index in [0.29, 0.717) is 72.5 Å². The van der Waals surface area contributed by atoms with Gasteiger partial charge < -0.3 is 164 Å². The first kappa shape index (κ1) is 117. The number of guanidine groups is 2. The highest BCUT2D eigenvalue weighted by molar-refractivity contribution is 7.98. The van der Waals surface area contributed by atoms with Crippen molar-refractivity contribution in [3.63, 3.8) is 0 Å². The second-order valence-corrected chi connectivity index (χ2v) is 35.2. The molecule has 0 aliphatic carbocycles. The number of aromatic amines is 2. The van der Waals surface area contributed by atoms with Crippen LogP contribution in [0.4, 0.5) is 0 Å². The van der Waals surface area contributed by atoms with E-state index < -0.39 is 269 Å². The summed E-state index contributed by atoms with van der Waals surface area (Å²) in [4.78, 5) is 287. The molecule has 2 aromatic heterocycles. The lowest BCUT2D eigenvalue weighted by Gasteiger charge is -2.29. The molecule has 0 spiro atoms. The topological polar surface area (TPSA) is 842 Å². The van der Waals surface area contributed by atoms with Crippen LogP contribution in [0, 0.1) is 10.8 Å². The monoisotopic (exact) mass is 2050 g/mol. The highest BCUT2D eigenvalue weighted by Crippen LogP contribution is 2.24. The molecule has 2 aliphatic heterocycles. The van der Waals surface area contributed by atoms with Gasteiger partial charge in [-0.2, -0.15) is 11.8 Å². The van der Waals surface area contributed by atoms with Gasteiger partial charge in [-0.1, -0.05) is 60.7 Å². The molecule has 2 aliphatic rings. The summed E-state index contributed by atoms with van der Waals surface area (Å²) in [5.74, 6) is -18.6. The fourth-order valence-electron chi connectivity index (χ4n) is 15.5. The van der Waals surface area contributed by atoms with Crippen LogP contribution in [0.15, 0.2) is 97.6 Å². The van der Waals surface area contributed by atoms with Crippen molar-refractivity contribution in [2.75, 3.05) is 97.2 Å². The number of likely N-dealkylation sites (tertiary alicyclic amines) is 2. The number of nitrogens with two attached hydrogens (primary N) is 4. The lowest BCUT2D eigenvalue weighted by Crippen LogP contribution is -2.61. The van der Waals surface area contributed by atoms with E-state index in [2.05, 4.69) is 111 Å². The van der Waals surface area contributed by atoms with Crippen LogP contribution in [-0.2, 0) is 122 Å². The summed E-state index contributed by atoms with van der Waals surface area (Å²) >= 11 is 1.22. The number of unbranched alkanes of at least 4 members (excludes halogenated alkanes) is 1. The fraction of sp³-hybridized carbons (Fsp3) is 0.505. The smallest absolute Gasteiger partial charge is 0.303 e. The molecule has 3 aromatic carbocycles. The number of nitrogens with one attached hydrogen (secondary N) is 22. The molecule has 13 atom stereocenters. The molecule has 145 heavy (non-hydrogen) atoms. The Hall–Kier alpha value is -15.5. The van der Waals surface area contributed by atoms with Crippen LogP contribution in [0.5, 0.6) is 5.75 Å². The van der Waals surface area contributed by atoms with Gasteiger partial charge in [-0.15, -0.1) is 0 Å². The zero-order chi connectivity index (χ0) is 106. The Labute approximate surface area is 836 Å². The molecular weight excluding hydrogens is 1920 g/mol. The van der Waals surface area contributed by atoms with E-state index in [9.17, 15) is 102 Å². The minimum absolute atomic E-state index is 0.00288. The van der Waals surface area contributed by atoms with Gasteiger partial charge in [0.05, 0.1) is 64.9 Å². The predicted octanol–water partition coefficient (Wildman–Crippen LogP) is -9.82. The number of aromatic hydroxyl groups is 1. The number of aliphatic carboxylic acids is 1. The third-order valence-electron chi connectivity index (χ3n) is 23.2. The maximum atomic E-state index is 15.3. The van der Waals surface area contributed by atoms with E-state index in [1.54, 1.807) is 67.0 Å². The third kappa shape index (κ3) is 40.5. The number of carboxylic acids is 1. The van der Waals surface area contributed by atoms with Crippen LogP contribution in [-0.4, -0.2) is 351 Å². The van der Waals surface area contributed by atoms with Crippen molar-refractivity contribution in [3.05, 3.63) is 120 Å². The van der Waals surface area contributed by atoms with Crippen molar-refractivity contribution >= 4 is 153 Å². The Balaban J connectivity index is 0.999. The Bertz CT molecular complexity index is 5270. The van der Waals surface area contributed by atoms with Crippen LogP contribution < -0.4 is 119 Å². The minimum Gasteiger partial charge on any atom is -0.508 e. The number of fused-ring (bicyclic) bond motifs is 1. The van der Waals surface area contributed by atoms with E-state index in [4.69, 9.17) is 33.8 Å². The standard InChI is InChI=1S/C91H131N29O24S/c1-145-34-28-62(113-86(141)69(49-123)118-84(139)65(114-78(133)58(93)48-122)36-52-22-24-56(124)25-23-52)82(137)112-61(26-27-77(131)132)81(136)117-68(38-54-40-98-50-108-54)85(140)115-66(35-51-13-3-2-4-14-51)83(138)111-60(19-9-30-99-90(94)95)80(135)116-67(37-53-39-101-59-17-6-5-16-57(53)59)79(134)106-46-76(130)109-63(18-7-8-29-92)89(144)120-33-12-21-70(120)87(142)107-44-74(128)104-42-72(126)102-41-71(125)103-43-73(127)105-45-75(129)110-64(20-10-31-100-91(96)97)88(143)119-32-11-15-55(119)47-121/h2-6,13-14,16-17,22-25,39-40,47,50,55,58,60-70,101,122-124H,7-12,15,18-21,26-38,41-46,48-49,92-93H2,1H3,(H,98,108)(H,102,126)(H,103,125)(H,104,128)(H,105,127)(H,106,134)(H,107,142)(H,109,130)(H,110,129)(H,111,138)(H,112,137)(H,113,141)(H,114,133)(H,115,140)(H,116,135)(H,117,136)(H,118,139)(H,131,132)(H4,94,95,99)(H4,96,97,100). The van der Waals surface area contributed by atoms with Gasteiger partial charge in [0.25, 0.3) is 0 Å². The molecule has 2 fully saturated rings. The number of phenolic OH excluding ortho intramolecular Hbond substituents is 1. The summed E-state index contributed by atoms with van der Waals surface area (Å²) in [6.45, 7) is -5.29. The van der Waals surface area contributed by atoms with Crippen LogP contribution in [0.1, 0.15) is 112 Å². The summed E-state index contributed by atoms with van der Waals surface area (Å²) in [6, 6.07) is 1.68. The van der Waals surface area contributed by atoms with Crippen molar-refractivity contribution in [1.29, 1.82) is 10.8 Å². The quantitative estimate of drug-likeness (QED) is 0.00744. The van der Waals surface area contributed by atoms with Gasteiger partial charge in [-0.25, -0.2) is 4.98 Å². The molecule has 5 aromatic rings. The summed E-state index contributed by atoms with van der Waals surface area (Å²) < 4.78 is 0. The molecule has 790 valence electrons. The number of phenols is 1. The Morgan fingerprint density at radius 2 is 0.917 bits per heavy atom. The molecule has 53 nitrogen and oxygen atoms in total. The third-order valence-corrected chi connectivity index (χ3v) is 23.8. The molecular formula is C91H131N29O24S. The second-order valence-electron chi connectivity index (χ2n) is 34.2. The molecule has 18 amide bonds. The number of aldehydes is 1. The van der Waals surface area contributed by atoms with Gasteiger partial charge >= 0.3 is 5.97 Å². The first-order chi connectivity index (χ1) is 69.4. The number of aromatic nitrogens is 3. The normalized spacial score (nSPS) is 15.3. The van der Waals surface area contributed by atoms with Crippen LogP contribution >= 0.6 is 11.8 Å². The summed E-state index contributed by atoms with van der Waals surface area (Å²) in [5.41, 5.74) is 24.7. The molecule has 54 heteroatoms. The molecule has 4 heterocycles. The SMILES string of the molecule is CSCCC(NC(=O)C(CO)NC(=O)C(Cc1ccc(O)cc1)NC(=O)C(N)CO)C(=O)NC(CCC(=O)O)C(=O)NC(Cc1cnc[nH]1)C(=O)NC(Cc1ccccc1)C(=O)NC(CCCNC(=N)N)C(=O)NC(Cc1c[nH]c2ccccc12)C(=O)NCC(=O)NC(CCCCN)C(=O)N1CCCC1C(=O)NCC(=O)NCC(=O)NCC(=O)NCC(=O)NCC(=O)NC(CCCNC(=N)N)C(=O)N1CCCC1C=O. The number of carbonyl (C=O) groups excluding carboxylic acids is 19. The number of imidazole rings is 1. The lowest BCUT2D eigenvalue weighted by molar-refractivity contribution is -0.141. The highest BCUT2D eigenvalue weighted by Gasteiger charge is 2.41.